The van der Waals surface area contributed by atoms with Crippen molar-refractivity contribution in [1.29, 1.82) is 0 Å². The summed E-state index contributed by atoms with van der Waals surface area (Å²) in [5.74, 6) is 0.942. The predicted molar refractivity (Wildman–Crippen MR) is 85.1 cm³/mol. The fourth-order valence-electron chi connectivity index (χ4n) is 2.64. The zero-order valence-corrected chi connectivity index (χ0v) is 13.8. The van der Waals surface area contributed by atoms with Crippen LogP contribution in [0.1, 0.15) is 24.7 Å². The fourth-order valence-corrected chi connectivity index (χ4v) is 4.24. The molecule has 0 aliphatic carbocycles. The van der Waals surface area contributed by atoms with E-state index in [9.17, 15) is 8.42 Å². The number of sulfonamides is 1. The van der Waals surface area contributed by atoms with Gasteiger partial charge in [0.15, 0.2) is 0 Å². The number of hydrogen-bond donors (Lipinski definition) is 0. The van der Waals surface area contributed by atoms with Crippen LogP contribution >= 0.6 is 11.6 Å². The van der Waals surface area contributed by atoms with Gasteiger partial charge in [-0.25, -0.2) is 8.42 Å². The van der Waals surface area contributed by atoms with E-state index in [1.165, 1.54) is 4.31 Å². The summed E-state index contributed by atoms with van der Waals surface area (Å²) in [6.07, 6.45) is 1.16. The Morgan fingerprint density at radius 2 is 2.05 bits per heavy atom. The quantitative estimate of drug-likeness (QED) is 0.858. The monoisotopic (exact) mass is 340 g/mol. The van der Waals surface area contributed by atoms with Crippen molar-refractivity contribution in [2.24, 2.45) is 0 Å². The molecule has 0 N–H and O–H groups in total. The molecule has 2 heterocycles. The maximum absolute atomic E-state index is 12.3. The lowest BCUT2D eigenvalue weighted by atomic mass is 10.0. The zero-order chi connectivity index (χ0) is 15.7. The number of hydrogen-bond acceptors (Lipinski definition) is 4. The van der Waals surface area contributed by atoms with E-state index in [-0.39, 0.29) is 5.75 Å². The molecule has 1 aromatic carbocycles. The normalized spacial score (nSPS) is 15.7. The summed E-state index contributed by atoms with van der Waals surface area (Å²) in [5, 5.41) is 4.77. The fraction of sp³-hybridized carbons (Fsp3) is 0.400. The lowest BCUT2D eigenvalue weighted by Crippen LogP contribution is -2.37. The third-order valence-corrected chi connectivity index (χ3v) is 6.04. The Balaban J connectivity index is 1.93. The molecule has 0 fully saturated rings. The summed E-state index contributed by atoms with van der Waals surface area (Å²) in [6.45, 7) is 2.63. The highest BCUT2D eigenvalue weighted by Crippen LogP contribution is 2.31. The topological polar surface area (TPSA) is 63.4 Å². The smallest absolute Gasteiger partial charge is 0.214 e. The van der Waals surface area contributed by atoms with Gasteiger partial charge in [0.25, 0.3) is 0 Å². The van der Waals surface area contributed by atoms with Crippen LogP contribution < -0.4 is 0 Å². The zero-order valence-electron chi connectivity index (χ0n) is 12.3. The Labute approximate surface area is 134 Å². The molecule has 0 unspecified atom stereocenters. The molecule has 0 bridgehead atoms. The highest BCUT2D eigenvalue weighted by atomic mass is 35.5. The molecule has 2 aromatic rings. The van der Waals surface area contributed by atoms with Gasteiger partial charge >= 0.3 is 0 Å². The molecule has 0 spiro atoms. The highest BCUT2D eigenvalue weighted by molar-refractivity contribution is 7.89. The van der Waals surface area contributed by atoms with Crippen LogP contribution in [0.2, 0.25) is 5.02 Å². The van der Waals surface area contributed by atoms with Crippen LogP contribution in [0.15, 0.2) is 28.8 Å². The lowest BCUT2D eigenvalue weighted by molar-refractivity contribution is 0.331. The molecule has 0 radical (unpaired) electrons. The Morgan fingerprint density at radius 3 is 2.73 bits per heavy atom. The number of fused-ring (bicyclic) bond motifs is 1. The van der Waals surface area contributed by atoms with Crippen molar-refractivity contribution in [3.8, 4) is 11.3 Å². The molecule has 0 amide bonds. The Hall–Kier alpha value is -1.37. The van der Waals surface area contributed by atoms with Gasteiger partial charge in [0.05, 0.1) is 5.75 Å². The van der Waals surface area contributed by atoms with Gasteiger partial charge in [0.1, 0.15) is 11.5 Å². The van der Waals surface area contributed by atoms with Crippen LogP contribution in [0.3, 0.4) is 0 Å². The molecule has 1 aromatic heterocycles. The van der Waals surface area contributed by atoms with Crippen LogP contribution in [-0.2, 0) is 23.0 Å². The molecule has 7 heteroatoms. The minimum absolute atomic E-state index is 0.171. The van der Waals surface area contributed by atoms with Crippen molar-refractivity contribution in [2.45, 2.75) is 26.3 Å². The molecule has 3 rings (SSSR count). The molecular formula is C15H17ClN2O3S. The van der Waals surface area contributed by atoms with E-state index in [4.69, 9.17) is 16.1 Å². The molecule has 22 heavy (non-hydrogen) atoms. The first-order valence-corrected chi connectivity index (χ1v) is 9.21. The van der Waals surface area contributed by atoms with Crippen LogP contribution in [0.4, 0.5) is 0 Å². The molecule has 118 valence electrons. The average molecular weight is 341 g/mol. The largest absolute Gasteiger partial charge is 0.360 e. The van der Waals surface area contributed by atoms with E-state index in [1.54, 1.807) is 12.1 Å². The molecule has 5 nitrogen and oxygen atoms in total. The Bertz CT molecular complexity index is 769. The van der Waals surface area contributed by atoms with Crippen molar-refractivity contribution in [1.82, 2.24) is 9.46 Å². The minimum Gasteiger partial charge on any atom is -0.360 e. The van der Waals surface area contributed by atoms with Crippen LogP contribution in [-0.4, -0.2) is 30.2 Å². The summed E-state index contributed by atoms with van der Waals surface area (Å²) >= 11 is 5.90. The van der Waals surface area contributed by atoms with E-state index >= 15 is 0 Å². The van der Waals surface area contributed by atoms with E-state index in [2.05, 4.69) is 5.16 Å². The van der Waals surface area contributed by atoms with Gasteiger partial charge in [0, 0.05) is 35.7 Å². The van der Waals surface area contributed by atoms with Gasteiger partial charge in [-0.1, -0.05) is 35.8 Å². The average Bonchev–Trinajstić information content (AvgIpc) is 2.91. The summed E-state index contributed by atoms with van der Waals surface area (Å²) in [7, 11) is -3.22. The first-order chi connectivity index (χ1) is 10.5. The minimum atomic E-state index is -3.22. The second-order valence-corrected chi connectivity index (χ2v) is 7.86. The Kier molecular flexibility index (Phi) is 4.25. The van der Waals surface area contributed by atoms with Crippen molar-refractivity contribution in [3.05, 3.63) is 40.6 Å². The van der Waals surface area contributed by atoms with Gasteiger partial charge in [-0.15, -0.1) is 0 Å². The third kappa shape index (κ3) is 2.91. The summed E-state index contributed by atoms with van der Waals surface area (Å²) in [5.41, 5.74) is 2.43. The van der Waals surface area contributed by atoms with Crippen molar-refractivity contribution in [3.63, 3.8) is 0 Å². The van der Waals surface area contributed by atoms with Crippen LogP contribution in [0.5, 0.6) is 0 Å². The number of aromatic nitrogens is 1. The molecule has 1 aliphatic heterocycles. The molecule has 0 atom stereocenters. The van der Waals surface area contributed by atoms with Gasteiger partial charge in [0.2, 0.25) is 10.0 Å². The first kappa shape index (κ1) is 15.5. The standard InChI is InChI=1S/C15H17ClN2O3S/c1-2-9-22(19,20)18-8-7-14-13(10-18)15(17-21-14)11-3-5-12(16)6-4-11/h3-6H,2,7-10H2,1H3. The molecule has 0 saturated carbocycles. The summed E-state index contributed by atoms with van der Waals surface area (Å²) < 4.78 is 31.4. The van der Waals surface area contributed by atoms with E-state index in [0.29, 0.717) is 36.6 Å². The molecular weight excluding hydrogens is 324 g/mol. The number of rotatable bonds is 4. The van der Waals surface area contributed by atoms with E-state index < -0.39 is 10.0 Å². The number of nitrogens with zero attached hydrogens (tertiary/aromatic N) is 2. The van der Waals surface area contributed by atoms with Crippen molar-refractivity contribution < 1.29 is 12.9 Å². The van der Waals surface area contributed by atoms with Crippen molar-refractivity contribution >= 4 is 21.6 Å². The van der Waals surface area contributed by atoms with Gasteiger partial charge in [-0.3, -0.25) is 0 Å². The number of benzene rings is 1. The second kappa shape index (κ2) is 6.02. The van der Waals surface area contributed by atoms with Crippen LogP contribution in [0, 0.1) is 0 Å². The van der Waals surface area contributed by atoms with Gasteiger partial charge in [-0.2, -0.15) is 4.31 Å². The van der Waals surface area contributed by atoms with Crippen molar-refractivity contribution in [2.75, 3.05) is 12.3 Å². The maximum Gasteiger partial charge on any atom is 0.214 e. The first-order valence-electron chi connectivity index (χ1n) is 7.22. The summed E-state index contributed by atoms with van der Waals surface area (Å²) in [4.78, 5) is 0. The Morgan fingerprint density at radius 1 is 1.32 bits per heavy atom. The predicted octanol–water partition coefficient (Wildman–Crippen LogP) is 3.09. The lowest BCUT2D eigenvalue weighted by Gasteiger charge is -2.25. The number of halogens is 1. The second-order valence-electron chi connectivity index (χ2n) is 5.34. The van der Waals surface area contributed by atoms with E-state index in [0.717, 1.165) is 16.9 Å². The highest BCUT2D eigenvalue weighted by Gasteiger charge is 2.30. The van der Waals surface area contributed by atoms with Gasteiger partial charge < -0.3 is 4.52 Å². The van der Waals surface area contributed by atoms with Crippen LogP contribution in [0.25, 0.3) is 11.3 Å². The van der Waals surface area contributed by atoms with E-state index in [1.807, 2.05) is 19.1 Å². The summed E-state index contributed by atoms with van der Waals surface area (Å²) in [6, 6.07) is 7.29. The SMILES string of the molecule is CCCS(=O)(=O)N1CCc2onc(-c3ccc(Cl)cc3)c2C1. The molecule has 0 saturated heterocycles. The molecule has 1 aliphatic rings. The maximum atomic E-state index is 12.3. The third-order valence-electron chi connectivity index (χ3n) is 3.77. The van der Waals surface area contributed by atoms with Gasteiger partial charge in [-0.05, 0) is 18.6 Å².